The number of rotatable bonds is 6. The summed E-state index contributed by atoms with van der Waals surface area (Å²) in [6.45, 7) is 3.52. The lowest BCUT2D eigenvalue weighted by Crippen LogP contribution is -2.40. The van der Waals surface area contributed by atoms with E-state index in [0.29, 0.717) is 12.8 Å². The topological polar surface area (TPSA) is 79.3 Å². The SMILES string of the molecule is C=CCCC(NC(=O)c1ccc(Br)cn1)C(=O)O. The molecular formula is C12H13BrN2O3. The molecule has 0 aromatic carbocycles. The Bertz CT molecular complexity index is 445. The molecule has 0 bridgehead atoms. The number of pyridine rings is 1. The summed E-state index contributed by atoms with van der Waals surface area (Å²) in [6.07, 6.45) is 3.92. The predicted octanol–water partition coefficient (Wildman–Crippen LogP) is 1.99. The molecule has 0 aliphatic rings. The Morgan fingerprint density at radius 3 is 2.78 bits per heavy atom. The number of carbonyl (C=O) groups excluding carboxylic acids is 1. The molecule has 0 aliphatic heterocycles. The zero-order valence-electron chi connectivity index (χ0n) is 9.60. The van der Waals surface area contributed by atoms with Gasteiger partial charge in [-0.05, 0) is 40.9 Å². The molecule has 2 N–H and O–H groups in total. The van der Waals surface area contributed by atoms with Gasteiger partial charge in [-0.15, -0.1) is 6.58 Å². The van der Waals surface area contributed by atoms with Crippen molar-refractivity contribution in [2.45, 2.75) is 18.9 Å². The van der Waals surface area contributed by atoms with E-state index in [2.05, 4.69) is 32.8 Å². The van der Waals surface area contributed by atoms with Crippen molar-refractivity contribution in [1.82, 2.24) is 10.3 Å². The van der Waals surface area contributed by atoms with Crippen molar-refractivity contribution in [1.29, 1.82) is 0 Å². The van der Waals surface area contributed by atoms with Crippen LogP contribution < -0.4 is 5.32 Å². The molecule has 1 amide bonds. The molecule has 1 rings (SSSR count). The van der Waals surface area contributed by atoms with Gasteiger partial charge in [-0.2, -0.15) is 0 Å². The van der Waals surface area contributed by atoms with E-state index >= 15 is 0 Å². The normalized spacial score (nSPS) is 11.6. The van der Waals surface area contributed by atoms with Gasteiger partial charge in [0.15, 0.2) is 0 Å². The average Bonchev–Trinajstić information content (AvgIpc) is 2.34. The number of hydrogen-bond donors (Lipinski definition) is 2. The Hall–Kier alpha value is -1.69. The molecule has 0 saturated carbocycles. The molecule has 6 heteroatoms. The molecule has 1 aromatic heterocycles. The second-order valence-corrected chi connectivity index (χ2v) is 4.51. The Morgan fingerprint density at radius 2 is 2.28 bits per heavy atom. The van der Waals surface area contributed by atoms with Gasteiger partial charge in [0.05, 0.1) is 0 Å². The molecule has 0 saturated heterocycles. The van der Waals surface area contributed by atoms with E-state index in [0.717, 1.165) is 4.47 Å². The summed E-state index contributed by atoms with van der Waals surface area (Å²) in [5.41, 5.74) is 0.183. The molecule has 0 spiro atoms. The zero-order chi connectivity index (χ0) is 13.5. The molecule has 1 atom stereocenters. The van der Waals surface area contributed by atoms with Gasteiger partial charge in [0.1, 0.15) is 11.7 Å². The van der Waals surface area contributed by atoms with Gasteiger partial charge in [-0.1, -0.05) is 6.08 Å². The first kappa shape index (κ1) is 14.4. The van der Waals surface area contributed by atoms with E-state index < -0.39 is 17.9 Å². The number of aromatic nitrogens is 1. The fourth-order valence-electron chi connectivity index (χ4n) is 1.28. The lowest BCUT2D eigenvalue weighted by Gasteiger charge is -2.13. The molecule has 1 unspecified atom stereocenters. The van der Waals surface area contributed by atoms with Gasteiger partial charge >= 0.3 is 5.97 Å². The minimum atomic E-state index is -1.07. The highest BCUT2D eigenvalue weighted by Gasteiger charge is 2.20. The number of nitrogens with zero attached hydrogens (tertiary/aromatic N) is 1. The summed E-state index contributed by atoms with van der Waals surface area (Å²) in [5.74, 6) is -1.57. The van der Waals surface area contributed by atoms with E-state index in [1.165, 1.54) is 12.3 Å². The van der Waals surface area contributed by atoms with Crippen molar-refractivity contribution < 1.29 is 14.7 Å². The molecule has 1 heterocycles. The summed E-state index contributed by atoms with van der Waals surface area (Å²) < 4.78 is 0.750. The van der Waals surface area contributed by atoms with Gasteiger partial charge in [0.2, 0.25) is 0 Å². The van der Waals surface area contributed by atoms with Crippen LogP contribution in [-0.2, 0) is 4.79 Å². The lowest BCUT2D eigenvalue weighted by atomic mass is 10.1. The average molecular weight is 313 g/mol. The van der Waals surface area contributed by atoms with Crippen molar-refractivity contribution in [3.8, 4) is 0 Å². The summed E-state index contributed by atoms with van der Waals surface area (Å²) in [6, 6.07) is 2.26. The van der Waals surface area contributed by atoms with Gasteiger partial charge < -0.3 is 10.4 Å². The van der Waals surface area contributed by atoms with Crippen LogP contribution in [0.5, 0.6) is 0 Å². The first-order valence-electron chi connectivity index (χ1n) is 5.30. The zero-order valence-corrected chi connectivity index (χ0v) is 11.2. The first-order chi connectivity index (χ1) is 8.54. The maximum Gasteiger partial charge on any atom is 0.326 e. The van der Waals surface area contributed by atoms with Gasteiger partial charge in [0, 0.05) is 10.7 Å². The minimum absolute atomic E-state index is 0.183. The number of carboxylic acids is 1. The first-order valence-corrected chi connectivity index (χ1v) is 6.10. The molecule has 5 nitrogen and oxygen atoms in total. The van der Waals surface area contributed by atoms with Crippen molar-refractivity contribution >= 4 is 27.8 Å². The van der Waals surface area contributed by atoms with Crippen molar-refractivity contribution in [2.24, 2.45) is 0 Å². The van der Waals surface area contributed by atoms with Crippen LogP contribution in [0, 0.1) is 0 Å². The number of carboxylic acid groups (broad SMARTS) is 1. The van der Waals surface area contributed by atoms with Crippen LogP contribution in [0.2, 0.25) is 0 Å². The largest absolute Gasteiger partial charge is 0.480 e. The Balaban J connectivity index is 2.68. The summed E-state index contributed by atoms with van der Waals surface area (Å²) in [4.78, 5) is 26.6. The summed E-state index contributed by atoms with van der Waals surface area (Å²) >= 11 is 3.20. The number of amides is 1. The number of allylic oxidation sites excluding steroid dienone is 1. The van der Waals surface area contributed by atoms with Crippen molar-refractivity contribution in [3.05, 3.63) is 41.2 Å². The molecule has 0 radical (unpaired) electrons. The third-order valence-corrected chi connectivity index (χ3v) is 2.69. The number of carbonyl (C=O) groups is 2. The third-order valence-electron chi connectivity index (χ3n) is 2.22. The molecule has 1 aromatic rings. The van der Waals surface area contributed by atoms with Crippen molar-refractivity contribution in [3.63, 3.8) is 0 Å². The number of aliphatic carboxylic acids is 1. The monoisotopic (exact) mass is 312 g/mol. The van der Waals surface area contributed by atoms with E-state index in [9.17, 15) is 9.59 Å². The van der Waals surface area contributed by atoms with Crippen LogP contribution in [0.25, 0.3) is 0 Å². The standard InChI is InChI=1S/C12H13BrN2O3/c1-2-3-4-10(12(17)18)15-11(16)9-6-5-8(13)7-14-9/h2,5-7,10H,1,3-4H2,(H,15,16)(H,17,18). The highest BCUT2D eigenvalue weighted by molar-refractivity contribution is 9.10. The highest BCUT2D eigenvalue weighted by atomic mass is 79.9. The van der Waals surface area contributed by atoms with Gasteiger partial charge in [-0.3, -0.25) is 4.79 Å². The lowest BCUT2D eigenvalue weighted by molar-refractivity contribution is -0.139. The van der Waals surface area contributed by atoms with Crippen LogP contribution in [0.15, 0.2) is 35.5 Å². The van der Waals surface area contributed by atoms with Crippen LogP contribution in [0.1, 0.15) is 23.3 Å². The van der Waals surface area contributed by atoms with Crippen molar-refractivity contribution in [2.75, 3.05) is 0 Å². The van der Waals surface area contributed by atoms with Crippen LogP contribution in [0.4, 0.5) is 0 Å². The molecular weight excluding hydrogens is 300 g/mol. The van der Waals surface area contributed by atoms with Crippen LogP contribution in [0.3, 0.4) is 0 Å². The van der Waals surface area contributed by atoms with Crippen LogP contribution >= 0.6 is 15.9 Å². The number of hydrogen-bond acceptors (Lipinski definition) is 3. The molecule has 18 heavy (non-hydrogen) atoms. The maximum atomic E-state index is 11.8. The number of nitrogens with one attached hydrogen (secondary N) is 1. The minimum Gasteiger partial charge on any atom is -0.480 e. The summed E-state index contributed by atoms with van der Waals surface area (Å²) in [5, 5.41) is 11.4. The Morgan fingerprint density at radius 1 is 1.56 bits per heavy atom. The summed E-state index contributed by atoms with van der Waals surface area (Å²) in [7, 11) is 0. The smallest absolute Gasteiger partial charge is 0.326 e. The fourth-order valence-corrected chi connectivity index (χ4v) is 1.52. The Labute approximate surface area is 113 Å². The predicted molar refractivity (Wildman–Crippen MR) is 70.3 cm³/mol. The van der Waals surface area contributed by atoms with Gasteiger partial charge in [0.25, 0.3) is 5.91 Å². The molecule has 0 aliphatic carbocycles. The molecule has 96 valence electrons. The van der Waals surface area contributed by atoms with E-state index in [-0.39, 0.29) is 5.69 Å². The second kappa shape index (κ2) is 6.90. The van der Waals surface area contributed by atoms with Crippen LogP contribution in [-0.4, -0.2) is 28.0 Å². The second-order valence-electron chi connectivity index (χ2n) is 3.59. The quantitative estimate of drug-likeness (QED) is 0.787. The third kappa shape index (κ3) is 4.29. The van der Waals surface area contributed by atoms with E-state index in [1.54, 1.807) is 12.1 Å². The Kier molecular flexibility index (Phi) is 5.51. The van der Waals surface area contributed by atoms with E-state index in [1.807, 2.05) is 0 Å². The van der Waals surface area contributed by atoms with Gasteiger partial charge in [-0.25, -0.2) is 9.78 Å². The fraction of sp³-hybridized carbons (Fsp3) is 0.250. The highest BCUT2D eigenvalue weighted by Crippen LogP contribution is 2.08. The molecule has 0 fully saturated rings. The van der Waals surface area contributed by atoms with E-state index in [4.69, 9.17) is 5.11 Å². The maximum absolute atomic E-state index is 11.8. The number of halogens is 1.